The summed E-state index contributed by atoms with van der Waals surface area (Å²) < 4.78 is 5.06. The molecule has 2 heterocycles. The van der Waals surface area contributed by atoms with Crippen LogP contribution in [-0.2, 0) is 6.54 Å². The summed E-state index contributed by atoms with van der Waals surface area (Å²) in [4.78, 5) is 24.4. The third-order valence-electron chi connectivity index (χ3n) is 4.13. The SMILES string of the molecule is O=C(Nc1ccc(CNC(=O)c2cccc3cn[nH]c23)cc1)c1ccco1. The first-order chi connectivity index (χ1) is 13.2. The van der Waals surface area contributed by atoms with Gasteiger partial charge in [0, 0.05) is 17.6 Å². The highest BCUT2D eigenvalue weighted by atomic mass is 16.3. The van der Waals surface area contributed by atoms with Crippen LogP contribution in [-0.4, -0.2) is 22.0 Å². The molecule has 0 fully saturated rings. The molecule has 7 nitrogen and oxygen atoms in total. The van der Waals surface area contributed by atoms with Crippen LogP contribution in [0.5, 0.6) is 0 Å². The summed E-state index contributed by atoms with van der Waals surface area (Å²) in [5.74, 6) is -0.243. The van der Waals surface area contributed by atoms with Crippen LogP contribution in [0.2, 0.25) is 0 Å². The molecule has 0 saturated carbocycles. The molecule has 2 aromatic carbocycles. The van der Waals surface area contributed by atoms with Gasteiger partial charge in [0.1, 0.15) is 0 Å². The number of anilines is 1. The first-order valence-corrected chi connectivity index (χ1v) is 8.35. The number of aromatic nitrogens is 2. The average Bonchev–Trinajstić information content (AvgIpc) is 3.38. The van der Waals surface area contributed by atoms with Crippen molar-refractivity contribution in [2.45, 2.75) is 6.54 Å². The van der Waals surface area contributed by atoms with E-state index in [0.29, 0.717) is 23.3 Å². The summed E-state index contributed by atoms with van der Waals surface area (Å²) in [5.41, 5.74) is 2.82. The topological polar surface area (TPSA) is 100 Å². The summed E-state index contributed by atoms with van der Waals surface area (Å²) in [5, 5.41) is 13.3. The van der Waals surface area contributed by atoms with E-state index in [4.69, 9.17) is 4.42 Å². The largest absolute Gasteiger partial charge is 0.459 e. The first-order valence-electron chi connectivity index (χ1n) is 8.35. The molecule has 4 aromatic rings. The normalized spacial score (nSPS) is 10.7. The predicted molar refractivity (Wildman–Crippen MR) is 100 cm³/mol. The monoisotopic (exact) mass is 360 g/mol. The van der Waals surface area contributed by atoms with Gasteiger partial charge in [-0.15, -0.1) is 0 Å². The first kappa shape index (κ1) is 16.6. The van der Waals surface area contributed by atoms with Crippen molar-refractivity contribution in [3.05, 3.63) is 83.9 Å². The molecule has 134 valence electrons. The van der Waals surface area contributed by atoms with Gasteiger partial charge in [-0.2, -0.15) is 5.10 Å². The van der Waals surface area contributed by atoms with E-state index >= 15 is 0 Å². The molecule has 7 heteroatoms. The van der Waals surface area contributed by atoms with Crippen LogP contribution in [0.25, 0.3) is 10.9 Å². The predicted octanol–water partition coefficient (Wildman–Crippen LogP) is 3.34. The van der Waals surface area contributed by atoms with Crippen LogP contribution >= 0.6 is 0 Å². The number of hydrogen-bond acceptors (Lipinski definition) is 4. The van der Waals surface area contributed by atoms with Crippen LogP contribution < -0.4 is 10.6 Å². The van der Waals surface area contributed by atoms with Gasteiger partial charge in [-0.05, 0) is 35.9 Å². The Bertz CT molecular complexity index is 1080. The number of H-pyrrole nitrogens is 1. The van der Waals surface area contributed by atoms with Crippen LogP contribution in [0, 0.1) is 0 Å². The molecule has 2 aromatic heterocycles. The molecule has 0 aliphatic rings. The number of furan rings is 1. The van der Waals surface area contributed by atoms with Crippen molar-refractivity contribution < 1.29 is 14.0 Å². The maximum atomic E-state index is 12.4. The third kappa shape index (κ3) is 3.57. The van der Waals surface area contributed by atoms with Gasteiger partial charge in [0.15, 0.2) is 5.76 Å². The number of carbonyl (C=O) groups is 2. The van der Waals surface area contributed by atoms with Gasteiger partial charge in [-0.3, -0.25) is 14.7 Å². The van der Waals surface area contributed by atoms with Gasteiger partial charge in [-0.1, -0.05) is 24.3 Å². The minimum absolute atomic E-state index is 0.181. The van der Waals surface area contributed by atoms with Gasteiger partial charge in [0.05, 0.1) is 23.5 Å². The number of amides is 2. The Morgan fingerprint density at radius 1 is 1.00 bits per heavy atom. The van der Waals surface area contributed by atoms with Crippen molar-refractivity contribution >= 4 is 28.4 Å². The molecule has 4 rings (SSSR count). The number of para-hydroxylation sites is 1. The Labute approximate surface area is 154 Å². The Morgan fingerprint density at radius 2 is 1.85 bits per heavy atom. The van der Waals surface area contributed by atoms with E-state index in [-0.39, 0.29) is 17.6 Å². The summed E-state index contributed by atoms with van der Waals surface area (Å²) in [6.45, 7) is 0.371. The molecule has 0 aliphatic heterocycles. The number of fused-ring (bicyclic) bond motifs is 1. The van der Waals surface area contributed by atoms with Crippen LogP contribution in [0.4, 0.5) is 5.69 Å². The van der Waals surface area contributed by atoms with Crippen molar-refractivity contribution in [1.29, 1.82) is 0 Å². The van der Waals surface area contributed by atoms with Gasteiger partial charge in [0.25, 0.3) is 11.8 Å². The number of nitrogens with zero attached hydrogens (tertiary/aromatic N) is 1. The summed E-state index contributed by atoms with van der Waals surface area (Å²) in [6, 6.07) is 16.0. The maximum absolute atomic E-state index is 12.4. The lowest BCUT2D eigenvalue weighted by molar-refractivity contribution is 0.0951. The van der Waals surface area contributed by atoms with Crippen molar-refractivity contribution in [2.24, 2.45) is 0 Å². The Kier molecular flexibility index (Phi) is 4.40. The van der Waals surface area contributed by atoms with Crippen LogP contribution in [0.15, 0.2) is 71.5 Å². The van der Waals surface area contributed by atoms with Gasteiger partial charge >= 0.3 is 0 Å². The number of carbonyl (C=O) groups excluding carboxylic acids is 2. The number of rotatable bonds is 5. The quantitative estimate of drug-likeness (QED) is 0.508. The molecule has 0 spiro atoms. The molecule has 27 heavy (non-hydrogen) atoms. The van der Waals surface area contributed by atoms with Crippen molar-refractivity contribution in [1.82, 2.24) is 15.5 Å². The summed E-state index contributed by atoms with van der Waals surface area (Å²) in [7, 11) is 0. The molecule has 0 saturated heterocycles. The second-order valence-corrected chi connectivity index (χ2v) is 5.95. The highest BCUT2D eigenvalue weighted by molar-refractivity contribution is 6.05. The maximum Gasteiger partial charge on any atom is 0.291 e. The lowest BCUT2D eigenvalue weighted by atomic mass is 10.1. The smallest absolute Gasteiger partial charge is 0.291 e. The molecular weight excluding hydrogens is 344 g/mol. The summed E-state index contributed by atoms with van der Waals surface area (Å²) >= 11 is 0. The fraction of sp³-hybridized carbons (Fsp3) is 0.0500. The van der Waals surface area contributed by atoms with Gasteiger partial charge in [0.2, 0.25) is 0 Å². The van der Waals surface area contributed by atoms with Crippen molar-refractivity contribution in [3.8, 4) is 0 Å². The van der Waals surface area contributed by atoms with E-state index in [9.17, 15) is 9.59 Å². The minimum atomic E-state index is -0.311. The fourth-order valence-corrected chi connectivity index (χ4v) is 2.74. The van der Waals surface area contributed by atoms with E-state index in [2.05, 4.69) is 20.8 Å². The van der Waals surface area contributed by atoms with Gasteiger partial charge in [-0.25, -0.2) is 0 Å². The molecule has 0 unspecified atom stereocenters. The lowest BCUT2D eigenvalue weighted by Crippen LogP contribution is -2.23. The van der Waals surface area contributed by atoms with Crippen LogP contribution in [0.3, 0.4) is 0 Å². The Hall–Kier alpha value is -3.87. The number of nitrogens with one attached hydrogen (secondary N) is 3. The second kappa shape index (κ2) is 7.17. The molecule has 0 bridgehead atoms. The van der Waals surface area contributed by atoms with Gasteiger partial charge < -0.3 is 15.1 Å². The highest BCUT2D eigenvalue weighted by Crippen LogP contribution is 2.16. The zero-order chi connectivity index (χ0) is 18.6. The summed E-state index contributed by atoms with van der Waals surface area (Å²) in [6.07, 6.45) is 3.13. The third-order valence-corrected chi connectivity index (χ3v) is 4.13. The Morgan fingerprint density at radius 3 is 2.63 bits per heavy atom. The second-order valence-electron chi connectivity index (χ2n) is 5.95. The number of aromatic amines is 1. The zero-order valence-electron chi connectivity index (χ0n) is 14.2. The van der Waals surface area contributed by atoms with E-state index in [1.807, 2.05) is 24.3 Å². The average molecular weight is 360 g/mol. The number of benzene rings is 2. The molecule has 2 amide bonds. The Balaban J connectivity index is 1.38. The van der Waals surface area contributed by atoms with E-state index < -0.39 is 0 Å². The van der Waals surface area contributed by atoms with E-state index in [0.717, 1.165) is 10.9 Å². The van der Waals surface area contributed by atoms with E-state index in [1.165, 1.54) is 6.26 Å². The minimum Gasteiger partial charge on any atom is -0.459 e. The molecule has 3 N–H and O–H groups in total. The van der Waals surface area contributed by atoms with E-state index in [1.54, 1.807) is 36.5 Å². The molecule has 0 atom stereocenters. The van der Waals surface area contributed by atoms with Crippen LogP contribution in [0.1, 0.15) is 26.5 Å². The fourth-order valence-electron chi connectivity index (χ4n) is 2.74. The molecule has 0 aliphatic carbocycles. The molecule has 0 radical (unpaired) electrons. The van der Waals surface area contributed by atoms with Crippen molar-refractivity contribution in [3.63, 3.8) is 0 Å². The highest BCUT2D eigenvalue weighted by Gasteiger charge is 2.11. The standard InChI is InChI=1S/C20H16N4O3/c25-19(16-4-1-3-14-12-22-24-18(14)16)21-11-13-6-8-15(9-7-13)23-20(26)17-5-2-10-27-17/h1-10,12H,11H2,(H,21,25)(H,22,24)(H,23,26). The lowest BCUT2D eigenvalue weighted by Gasteiger charge is -2.08. The molecular formula is C20H16N4O3. The van der Waals surface area contributed by atoms with Crippen molar-refractivity contribution in [2.75, 3.05) is 5.32 Å². The number of hydrogen-bond donors (Lipinski definition) is 3. The zero-order valence-corrected chi connectivity index (χ0v) is 14.2.